The van der Waals surface area contributed by atoms with E-state index in [0.29, 0.717) is 6.04 Å². The molecule has 92 valence electrons. The van der Waals surface area contributed by atoms with E-state index in [1.807, 2.05) is 0 Å². The molecule has 0 aromatic rings. The van der Waals surface area contributed by atoms with Gasteiger partial charge in [0.15, 0.2) is 0 Å². The average molecular weight is 215 g/mol. The summed E-state index contributed by atoms with van der Waals surface area (Å²) in [5, 5.41) is 9.08. The average Bonchev–Trinajstić information content (AvgIpc) is 2.20. The van der Waals surface area contributed by atoms with Crippen LogP contribution in [-0.2, 0) is 0 Å². The lowest BCUT2D eigenvalue weighted by molar-refractivity contribution is 0.125. The Hall–Kier alpha value is -0.0800. The van der Waals surface area contributed by atoms with Crippen molar-refractivity contribution in [3.05, 3.63) is 0 Å². The van der Waals surface area contributed by atoms with Crippen LogP contribution in [0.3, 0.4) is 0 Å². The molecule has 0 bridgehead atoms. The zero-order valence-electron chi connectivity index (χ0n) is 11.0. The second-order valence-electron chi connectivity index (χ2n) is 4.58. The summed E-state index contributed by atoms with van der Waals surface area (Å²) in [4.78, 5) is 2.46. The van der Waals surface area contributed by atoms with E-state index in [-0.39, 0.29) is 6.61 Å². The molecular formula is C13H29NO. The van der Waals surface area contributed by atoms with Gasteiger partial charge in [-0.2, -0.15) is 0 Å². The van der Waals surface area contributed by atoms with Gasteiger partial charge < -0.3 is 5.11 Å². The second-order valence-corrected chi connectivity index (χ2v) is 4.58. The first kappa shape index (κ1) is 14.9. The van der Waals surface area contributed by atoms with Gasteiger partial charge in [-0.15, -0.1) is 0 Å². The molecule has 0 aromatic carbocycles. The van der Waals surface area contributed by atoms with Crippen LogP contribution in [0.4, 0.5) is 0 Å². The molecule has 2 heteroatoms. The predicted octanol–water partition coefficient (Wildman–Crippen LogP) is 2.91. The molecule has 0 amide bonds. The molecule has 1 unspecified atom stereocenters. The summed E-state index contributed by atoms with van der Waals surface area (Å²) < 4.78 is 0. The van der Waals surface area contributed by atoms with Crippen LogP contribution in [0.25, 0.3) is 0 Å². The first-order chi connectivity index (χ1) is 7.19. The zero-order valence-corrected chi connectivity index (χ0v) is 11.0. The first-order valence-corrected chi connectivity index (χ1v) is 6.54. The van der Waals surface area contributed by atoms with Crippen molar-refractivity contribution in [1.29, 1.82) is 0 Å². The molecule has 0 aliphatic heterocycles. The maximum absolute atomic E-state index is 9.08. The fourth-order valence-electron chi connectivity index (χ4n) is 2.34. The summed E-state index contributed by atoms with van der Waals surface area (Å²) in [6, 6.07) is 0.649. The third-order valence-electron chi connectivity index (χ3n) is 3.17. The van der Waals surface area contributed by atoms with Gasteiger partial charge in [-0.3, -0.25) is 4.90 Å². The molecule has 0 saturated heterocycles. The Morgan fingerprint density at radius 3 is 2.13 bits per heavy atom. The summed E-state index contributed by atoms with van der Waals surface area (Å²) in [7, 11) is 0. The monoisotopic (exact) mass is 215 g/mol. The minimum Gasteiger partial charge on any atom is -0.395 e. The van der Waals surface area contributed by atoms with Crippen molar-refractivity contribution < 1.29 is 5.11 Å². The Labute approximate surface area is 95.7 Å². The molecule has 0 radical (unpaired) electrons. The second kappa shape index (κ2) is 9.17. The number of aliphatic hydroxyl groups is 1. The van der Waals surface area contributed by atoms with Crippen LogP contribution in [0.1, 0.15) is 53.4 Å². The standard InChI is InChI=1S/C13H29NO/c1-5-8-12(4)11-14(9-10-15)13(6-2)7-3/h12-13,15H,5-11H2,1-4H3. The Bertz CT molecular complexity index is 134. The lowest BCUT2D eigenvalue weighted by Crippen LogP contribution is -2.39. The van der Waals surface area contributed by atoms with E-state index >= 15 is 0 Å². The molecular weight excluding hydrogens is 186 g/mol. The van der Waals surface area contributed by atoms with Gasteiger partial charge in [0.25, 0.3) is 0 Å². The number of rotatable bonds is 9. The van der Waals surface area contributed by atoms with Crippen LogP contribution < -0.4 is 0 Å². The normalized spacial score (nSPS) is 13.8. The number of hydrogen-bond donors (Lipinski definition) is 1. The van der Waals surface area contributed by atoms with Crippen LogP contribution in [-0.4, -0.2) is 35.7 Å². The number of hydrogen-bond acceptors (Lipinski definition) is 2. The molecule has 0 aliphatic rings. The van der Waals surface area contributed by atoms with Crippen LogP contribution in [0.15, 0.2) is 0 Å². The van der Waals surface area contributed by atoms with Crippen LogP contribution >= 0.6 is 0 Å². The fourth-order valence-corrected chi connectivity index (χ4v) is 2.34. The SMILES string of the molecule is CCCC(C)CN(CCO)C(CC)CC. The maximum atomic E-state index is 9.08. The Morgan fingerprint density at radius 2 is 1.73 bits per heavy atom. The van der Waals surface area contributed by atoms with Crippen molar-refractivity contribution in [2.75, 3.05) is 19.7 Å². The van der Waals surface area contributed by atoms with E-state index in [1.165, 1.54) is 25.7 Å². The van der Waals surface area contributed by atoms with Gasteiger partial charge in [0.2, 0.25) is 0 Å². The molecule has 0 rings (SSSR count). The molecule has 15 heavy (non-hydrogen) atoms. The van der Waals surface area contributed by atoms with Gasteiger partial charge in [-0.05, 0) is 25.2 Å². The van der Waals surface area contributed by atoms with Gasteiger partial charge in [-0.1, -0.05) is 34.1 Å². The highest BCUT2D eigenvalue weighted by Crippen LogP contribution is 2.13. The quantitative estimate of drug-likeness (QED) is 0.639. The molecule has 1 atom stereocenters. The molecule has 0 aliphatic carbocycles. The molecule has 2 nitrogen and oxygen atoms in total. The molecule has 0 fully saturated rings. The van der Waals surface area contributed by atoms with Crippen molar-refractivity contribution in [1.82, 2.24) is 4.90 Å². The minimum atomic E-state index is 0.287. The number of nitrogens with zero attached hydrogens (tertiary/aromatic N) is 1. The van der Waals surface area contributed by atoms with Crippen molar-refractivity contribution >= 4 is 0 Å². The van der Waals surface area contributed by atoms with E-state index in [4.69, 9.17) is 5.11 Å². The molecule has 0 spiro atoms. The Morgan fingerprint density at radius 1 is 1.13 bits per heavy atom. The smallest absolute Gasteiger partial charge is 0.0558 e. The highest BCUT2D eigenvalue weighted by atomic mass is 16.3. The highest BCUT2D eigenvalue weighted by Gasteiger charge is 2.16. The molecule has 0 aromatic heterocycles. The van der Waals surface area contributed by atoms with Crippen molar-refractivity contribution in [3.63, 3.8) is 0 Å². The minimum absolute atomic E-state index is 0.287. The maximum Gasteiger partial charge on any atom is 0.0558 e. The fraction of sp³-hybridized carbons (Fsp3) is 1.00. The van der Waals surface area contributed by atoms with Crippen LogP contribution in [0, 0.1) is 5.92 Å². The van der Waals surface area contributed by atoms with Gasteiger partial charge >= 0.3 is 0 Å². The summed E-state index contributed by atoms with van der Waals surface area (Å²) in [6.45, 7) is 11.3. The lowest BCUT2D eigenvalue weighted by atomic mass is 10.0. The van der Waals surface area contributed by atoms with Gasteiger partial charge in [0.05, 0.1) is 6.61 Å². The van der Waals surface area contributed by atoms with Gasteiger partial charge in [0, 0.05) is 19.1 Å². The van der Waals surface area contributed by atoms with E-state index in [1.54, 1.807) is 0 Å². The van der Waals surface area contributed by atoms with Crippen molar-refractivity contribution in [2.24, 2.45) is 5.92 Å². The Kier molecular flexibility index (Phi) is 9.12. The Balaban J connectivity index is 4.11. The largest absolute Gasteiger partial charge is 0.395 e. The summed E-state index contributed by atoms with van der Waals surface area (Å²) in [5.41, 5.74) is 0. The van der Waals surface area contributed by atoms with E-state index in [9.17, 15) is 0 Å². The van der Waals surface area contributed by atoms with Gasteiger partial charge in [0.1, 0.15) is 0 Å². The molecule has 0 heterocycles. The summed E-state index contributed by atoms with van der Waals surface area (Å²) in [5.74, 6) is 0.752. The van der Waals surface area contributed by atoms with Crippen molar-refractivity contribution in [2.45, 2.75) is 59.4 Å². The third kappa shape index (κ3) is 6.16. The van der Waals surface area contributed by atoms with Crippen molar-refractivity contribution in [3.8, 4) is 0 Å². The van der Waals surface area contributed by atoms with Crippen LogP contribution in [0.5, 0.6) is 0 Å². The summed E-state index contributed by atoms with van der Waals surface area (Å²) >= 11 is 0. The third-order valence-corrected chi connectivity index (χ3v) is 3.17. The topological polar surface area (TPSA) is 23.5 Å². The van der Waals surface area contributed by atoms with E-state index < -0.39 is 0 Å². The first-order valence-electron chi connectivity index (χ1n) is 6.54. The van der Waals surface area contributed by atoms with E-state index in [2.05, 4.69) is 32.6 Å². The molecule has 1 N–H and O–H groups in total. The predicted molar refractivity (Wildman–Crippen MR) is 67.1 cm³/mol. The highest BCUT2D eigenvalue weighted by molar-refractivity contribution is 4.71. The lowest BCUT2D eigenvalue weighted by Gasteiger charge is -2.32. The summed E-state index contributed by atoms with van der Waals surface area (Å²) in [6.07, 6.45) is 4.93. The number of aliphatic hydroxyl groups excluding tert-OH is 1. The van der Waals surface area contributed by atoms with Gasteiger partial charge in [-0.25, -0.2) is 0 Å². The molecule has 0 saturated carbocycles. The van der Waals surface area contributed by atoms with Crippen LogP contribution in [0.2, 0.25) is 0 Å². The van der Waals surface area contributed by atoms with E-state index in [0.717, 1.165) is 19.0 Å². The zero-order chi connectivity index (χ0) is 11.7.